The average Bonchev–Trinajstić information content (AvgIpc) is 3.23. The third-order valence-electron chi connectivity index (χ3n) is 8.07. The van der Waals surface area contributed by atoms with Gasteiger partial charge in [0.15, 0.2) is 11.6 Å². The van der Waals surface area contributed by atoms with E-state index in [4.69, 9.17) is 37.9 Å². The minimum atomic E-state index is 0.497. The van der Waals surface area contributed by atoms with Crippen molar-refractivity contribution in [1.82, 2.24) is 24.6 Å². The van der Waals surface area contributed by atoms with Gasteiger partial charge in [0.1, 0.15) is 29.6 Å². The second-order valence-electron chi connectivity index (χ2n) is 11.1. The molecular weight excluding hydrogens is 605 g/mol. The first kappa shape index (κ1) is 29.2. The van der Waals surface area contributed by atoms with Gasteiger partial charge in [0.2, 0.25) is 0 Å². The third kappa shape index (κ3) is 5.96. The zero-order valence-corrected chi connectivity index (χ0v) is 26.5. The van der Waals surface area contributed by atoms with Crippen molar-refractivity contribution in [2.45, 2.75) is 13.5 Å². The lowest BCUT2D eigenvalue weighted by Crippen LogP contribution is -2.47. The number of amidine groups is 1. The SMILES string of the molecule is CN1CCN(C2=Nc3ccccc3Oc3ccc(Cl)cc32)CC1.Cc1nnc2n1-c1ccc(Cl)cc1C(c1ccccc1)=NC2. The normalized spacial score (nSPS) is 15.4. The Labute approximate surface area is 272 Å². The molecule has 5 aromatic rings. The monoisotopic (exact) mass is 635 g/mol. The summed E-state index contributed by atoms with van der Waals surface area (Å²) in [5, 5.41) is 9.79. The van der Waals surface area contributed by atoms with Gasteiger partial charge in [-0.25, -0.2) is 4.99 Å². The summed E-state index contributed by atoms with van der Waals surface area (Å²) in [6.45, 7) is 6.39. The summed E-state index contributed by atoms with van der Waals surface area (Å²) < 4.78 is 8.14. The second-order valence-corrected chi connectivity index (χ2v) is 12.0. The number of nitrogens with zero attached hydrogens (tertiary/aromatic N) is 7. The first-order valence-electron chi connectivity index (χ1n) is 14.8. The number of benzene rings is 4. The van der Waals surface area contributed by atoms with Crippen molar-refractivity contribution in [3.8, 4) is 17.2 Å². The molecule has 1 saturated heterocycles. The summed E-state index contributed by atoms with van der Waals surface area (Å²) in [6.07, 6.45) is 0. The van der Waals surface area contributed by atoms with Crippen LogP contribution in [0.2, 0.25) is 10.0 Å². The molecule has 0 spiro atoms. The second kappa shape index (κ2) is 12.5. The van der Waals surface area contributed by atoms with E-state index in [1.54, 1.807) is 0 Å². The lowest BCUT2D eigenvalue weighted by molar-refractivity contribution is 0.215. The maximum absolute atomic E-state index is 6.23. The van der Waals surface area contributed by atoms with E-state index in [1.807, 2.05) is 90.4 Å². The molecule has 0 atom stereocenters. The number of ether oxygens (including phenoxy) is 1. The van der Waals surface area contributed by atoms with Crippen LogP contribution in [0.1, 0.15) is 28.3 Å². The highest BCUT2D eigenvalue weighted by molar-refractivity contribution is 6.31. The Hall–Kier alpha value is -4.50. The summed E-state index contributed by atoms with van der Waals surface area (Å²) in [6, 6.07) is 29.6. The van der Waals surface area contributed by atoms with Crippen LogP contribution < -0.4 is 4.74 Å². The minimum absolute atomic E-state index is 0.497. The van der Waals surface area contributed by atoms with Crippen LogP contribution in [0.3, 0.4) is 0 Å². The molecular formula is C35H31Cl2N7O. The summed E-state index contributed by atoms with van der Waals surface area (Å²) >= 11 is 12.5. The first-order chi connectivity index (χ1) is 21.9. The Morgan fingerprint density at radius 1 is 0.733 bits per heavy atom. The van der Waals surface area contributed by atoms with Gasteiger partial charge in [0.25, 0.3) is 0 Å². The molecule has 3 aliphatic rings. The average molecular weight is 637 g/mol. The standard InChI is InChI=1S/C18H18ClN3O.C17H13ClN4/c1-21-8-10-22(11-9-21)18-14-12-13(19)6-7-16(14)23-17-5-3-2-4-15(17)20-18;1-11-20-21-16-10-19-17(12-5-3-2-4-6-12)14-9-13(18)7-8-15(14)22(11)16/h2-7,12H,8-11H2,1H3;2-9H,10H2,1H3. The van der Waals surface area contributed by atoms with Crippen LogP contribution >= 0.6 is 23.2 Å². The van der Waals surface area contributed by atoms with Crippen LogP contribution in [-0.2, 0) is 6.54 Å². The number of rotatable bonds is 1. The maximum Gasteiger partial charge on any atom is 0.159 e. The zero-order valence-electron chi connectivity index (χ0n) is 25.0. The number of hydrogen-bond acceptors (Lipinski definition) is 7. The van der Waals surface area contributed by atoms with Crippen molar-refractivity contribution in [2.75, 3.05) is 33.2 Å². The van der Waals surface area contributed by atoms with Gasteiger partial charge in [0.05, 0.1) is 17.0 Å². The van der Waals surface area contributed by atoms with Gasteiger partial charge in [-0.3, -0.25) is 9.56 Å². The van der Waals surface area contributed by atoms with E-state index >= 15 is 0 Å². The molecule has 0 aliphatic carbocycles. The molecule has 1 aromatic heterocycles. The molecule has 226 valence electrons. The Balaban J connectivity index is 0.000000145. The lowest BCUT2D eigenvalue weighted by atomic mass is 10.0. The fourth-order valence-corrected chi connectivity index (χ4v) is 6.09. The van der Waals surface area contributed by atoms with Gasteiger partial charge in [0, 0.05) is 47.4 Å². The maximum atomic E-state index is 6.23. The number of piperazine rings is 1. The first-order valence-corrected chi connectivity index (χ1v) is 15.6. The molecule has 3 aliphatic heterocycles. The summed E-state index contributed by atoms with van der Waals surface area (Å²) in [5.41, 5.74) is 5.83. The molecule has 10 heteroatoms. The molecule has 0 bridgehead atoms. The number of hydrogen-bond donors (Lipinski definition) is 0. The summed E-state index contributed by atoms with van der Waals surface area (Å²) in [5.74, 6) is 4.22. The van der Waals surface area contributed by atoms with E-state index in [1.165, 1.54) is 0 Å². The van der Waals surface area contributed by atoms with Crippen molar-refractivity contribution in [1.29, 1.82) is 0 Å². The summed E-state index contributed by atoms with van der Waals surface area (Å²) in [7, 11) is 2.15. The van der Waals surface area contributed by atoms with E-state index in [-0.39, 0.29) is 0 Å². The Morgan fingerprint density at radius 3 is 2.24 bits per heavy atom. The van der Waals surface area contributed by atoms with Gasteiger partial charge in [-0.1, -0.05) is 65.7 Å². The molecule has 0 unspecified atom stereocenters. The largest absolute Gasteiger partial charge is 0.454 e. The molecule has 45 heavy (non-hydrogen) atoms. The van der Waals surface area contributed by atoms with Crippen LogP contribution in [0.4, 0.5) is 5.69 Å². The number of halogens is 2. The smallest absolute Gasteiger partial charge is 0.159 e. The van der Waals surface area contributed by atoms with Crippen molar-refractivity contribution in [2.24, 2.45) is 9.98 Å². The molecule has 4 aromatic carbocycles. The highest BCUT2D eigenvalue weighted by Gasteiger charge is 2.25. The zero-order chi connectivity index (χ0) is 30.9. The Morgan fingerprint density at radius 2 is 1.44 bits per heavy atom. The van der Waals surface area contributed by atoms with Gasteiger partial charge < -0.3 is 14.5 Å². The van der Waals surface area contributed by atoms with Crippen molar-refractivity contribution in [3.05, 3.63) is 129 Å². The number of aryl methyl sites for hydroxylation is 1. The van der Waals surface area contributed by atoms with E-state index < -0.39 is 0 Å². The molecule has 4 heterocycles. The highest BCUT2D eigenvalue weighted by atomic mass is 35.5. The molecule has 0 amide bonds. The van der Waals surface area contributed by atoms with E-state index in [0.29, 0.717) is 16.6 Å². The molecule has 0 saturated carbocycles. The predicted molar refractivity (Wildman–Crippen MR) is 180 cm³/mol. The molecule has 8 rings (SSSR count). The number of aromatic nitrogens is 3. The van der Waals surface area contributed by atoms with Gasteiger partial charge in [-0.05, 0) is 62.5 Å². The van der Waals surface area contributed by atoms with Crippen LogP contribution in [0.5, 0.6) is 11.5 Å². The molecule has 0 N–H and O–H groups in total. The number of fused-ring (bicyclic) bond motifs is 5. The van der Waals surface area contributed by atoms with E-state index in [2.05, 4.69) is 39.2 Å². The quantitative estimate of drug-likeness (QED) is 0.193. The van der Waals surface area contributed by atoms with E-state index in [0.717, 1.165) is 88.9 Å². The van der Waals surface area contributed by atoms with Crippen LogP contribution in [0.15, 0.2) is 101 Å². The predicted octanol–water partition coefficient (Wildman–Crippen LogP) is 7.35. The number of para-hydroxylation sites is 2. The van der Waals surface area contributed by atoms with Crippen molar-refractivity contribution < 1.29 is 4.74 Å². The van der Waals surface area contributed by atoms with E-state index in [9.17, 15) is 0 Å². The fourth-order valence-electron chi connectivity index (χ4n) is 5.75. The molecule has 8 nitrogen and oxygen atoms in total. The van der Waals surface area contributed by atoms with Gasteiger partial charge >= 0.3 is 0 Å². The lowest BCUT2D eigenvalue weighted by Gasteiger charge is -2.34. The van der Waals surface area contributed by atoms with Crippen molar-refractivity contribution in [3.63, 3.8) is 0 Å². The van der Waals surface area contributed by atoms with Gasteiger partial charge in [-0.2, -0.15) is 0 Å². The highest BCUT2D eigenvalue weighted by Crippen LogP contribution is 2.39. The minimum Gasteiger partial charge on any atom is -0.454 e. The summed E-state index contributed by atoms with van der Waals surface area (Å²) in [4.78, 5) is 14.3. The molecule has 0 radical (unpaired) electrons. The van der Waals surface area contributed by atoms with Crippen LogP contribution in [-0.4, -0.2) is 69.3 Å². The van der Waals surface area contributed by atoms with Crippen LogP contribution in [0, 0.1) is 6.92 Å². The Bertz CT molecular complexity index is 1930. The fraction of sp³-hybridized carbons (Fsp3) is 0.200. The topological polar surface area (TPSA) is 71.1 Å². The van der Waals surface area contributed by atoms with Gasteiger partial charge in [-0.15, -0.1) is 10.2 Å². The number of likely N-dealkylation sites (N-methyl/N-ethyl adjacent to an activating group) is 1. The molecule has 1 fully saturated rings. The third-order valence-corrected chi connectivity index (χ3v) is 8.54. The Kier molecular flexibility index (Phi) is 8.10. The van der Waals surface area contributed by atoms with Crippen LogP contribution in [0.25, 0.3) is 5.69 Å². The van der Waals surface area contributed by atoms with Crippen molar-refractivity contribution >= 4 is 40.4 Å². The number of aliphatic imine (C=N–C) groups is 2.